The second-order valence-electron chi connectivity index (χ2n) is 16.0. The summed E-state index contributed by atoms with van der Waals surface area (Å²) in [6.45, 7) is 2.02. The molecule has 6 amide bonds. The van der Waals surface area contributed by atoms with Crippen LogP contribution >= 0.6 is 11.3 Å². The maximum Gasteiger partial charge on any atom is 0.416 e. The van der Waals surface area contributed by atoms with Crippen molar-refractivity contribution < 1.29 is 47.7 Å². The highest BCUT2D eigenvalue weighted by Gasteiger charge is 2.70. The van der Waals surface area contributed by atoms with Gasteiger partial charge in [-0.05, 0) is 79.2 Å². The van der Waals surface area contributed by atoms with Crippen molar-refractivity contribution in [3.8, 4) is 11.5 Å². The number of benzene rings is 3. The number of nitrogens with one attached hydrogen (secondary N) is 3. The molecule has 8 rings (SSSR count). The molecule has 3 atom stereocenters. The van der Waals surface area contributed by atoms with Gasteiger partial charge < -0.3 is 55.0 Å². The maximum absolute atomic E-state index is 14.0. The number of amides is 6. The van der Waals surface area contributed by atoms with E-state index < -0.39 is 24.1 Å². The lowest BCUT2D eigenvalue weighted by molar-refractivity contribution is -0.117. The highest BCUT2D eigenvalue weighted by molar-refractivity contribution is 7.20. The van der Waals surface area contributed by atoms with Crippen LogP contribution in [0.15, 0.2) is 72.9 Å². The lowest BCUT2D eigenvalue weighted by Crippen LogP contribution is -2.42. The molecule has 334 valence electrons. The predicted octanol–water partition coefficient (Wildman–Crippen LogP) is 5.73. The van der Waals surface area contributed by atoms with E-state index in [1.807, 2.05) is 12.1 Å². The zero-order chi connectivity index (χ0) is 45.4. The number of methoxy groups -OCH3 is 1. The van der Waals surface area contributed by atoms with E-state index in [1.54, 1.807) is 98.3 Å². The summed E-state index contributed by atoms with van der Waals surface area (Å²) in [7, 11) is 6.56. The number of rotatable bonds is 14. The third-order valence-corrected chi connectivity index (χ3v) is 12.3. The highest BCUT2D eigenvalue weighted by Crippen LogP contribution is 2.55. The Morgan fingerprint density at radius 3 is 2.48 bits per heavy atom. The molecule has 2 aromatic heterocycles. The summed E-state index contributed by atoms with van der Waals surface area (Å²) >= 11 is 1.38. The second kappa shape index (κ2) is 17.7. The Morgan fingerprint density at radius 2 is 1.75 bits per heavy atom. The van der Waals surface area contributed by atoms with E-state index in [9.17, 15) is 28.8 Å². The molecule has 5 heterocycles. The summed E-state index contributed by atoms with van der Waals surface area (Å²) < 4.78 is 26.2. The molecule has 64 heavy (non-hydrogen) atoms. The molecule has 1 spiro atoms. The lowest BCUT2D eigenvalue weighted by Gasteiger charge is -2.23. The van der Waals surface area contributed by atoms with Gasteiger partial charge in [0.1, 0.15) is 12.4 Å². The van der Waals surface area contributed by atoms with Gasteiger partial charge in [0, 0.05) is 68.9 Å². The first-order valence-electron chi connectivity index (χ1n) is 20.6. The molecule has 0 bridgehead atoms. The molecule has 2 saturated heterocycles. The van der Waals surface area contributed by atoms with Gasteiger partial charge in [-0.2, -0.15) is 0 Å². The summed E-state index contributed by atoms with van der Waals surface area (Å²) in [4.78, 5) is 83.8. The van der Waals surface area contributed by atoms with E-state index in [-0.39, 0.29) is 78.3 Å². The molecule has 2 unspecified atom stereocenters. The van der Waals surface area contributed by atoms with Crippen LogP contribution in [-0.4, -0.2) is 102 Å². The monoisotopic (exact) mass is 892 g/mol. The molecular formula is C45H48N8O10S. The van der Waals surface area contributed by atoms with E-state index in [0.29, 0.717) is 52.6 Å². The molecule has 0 saturated carbocycles. The quantitative estimate of drug-likeness (QED) is 0.0779. The van der Waals surface area contributed by atoms with Gasteiger partial charge >= 0.3 is 6.09 Å². The zero-order valence-corrected chi connectivity index (χ0v) is 36.7. The number of epoxide rings is 1. The summed E-state index contributed by atoms with van der Waals surface area (Å²) in [6.07, 6.45) is 1.70. The van der Waals surface area contributed by atoms with Crippen LogP contribution in [-0.2, 0) is 32.7 Å². The molecule has 5 aromatic rings. The number of aryl methyl sites for hydroxylation is 1. The first-order chi connectivity index (χ1) is 30.6. The third kappa shape index (κ3) is 8.69. The van der Waals surface area contributed by atoms with Crippen molar-refractivity contribution in [1.29, 1.82) is 0 Å². The number of thiophene rings is 1. The molecule has 0 aliphatic carbocycles. The Labute approximate surface area is 372 Å². The highest BCUT2D eigenvalue weighted by atomic mass is 32.1. The fourth-order valence-electron chi connectivity index (χ4n) is 7.78. The van der Waals surface area contributed by atoms with Crippen LogP contribution in [0.1, 0.15) is 68.6 Å². The summed E-state index contributed by atoms with van der Waals surface area (Å²) in [5, 5.41) is 9.29. The minimum atomic E-state index is -0.973. The molecule has 3 aliphatic rings. The topological polar surface area (TPSA) is 219 Å². The van der Waals surface area contributed by atoms with E-state index in [4.69, 9.17) is 24.7 Å². The van der Waals surface area contributed by atoms with Crippen LogP contribution in [0.25, 0.3) is 10.1 Å². The van der Waals surface area contributed by atoms with Gasteiger partial charge in [0.2, 0.25) is 11.8 Å². The molecule has 3 aromatic carbocycles. The Balaban J connectivity index is 0.895. The number of anilines is 4. The normalized spacial score (nSPS) is 17.7. The van der Waals surface area contributed by atoms with Crippen molar-refractivity contribution in [3.05, 3.63) is 94.5 Å². The lowest BCUT2D eigenvalue weighted by atomic mass is 10.1. The van der Waals surface area contributed by atoms with Crippen LogP contribution in [0.3, 0.4) is 0 Å². The number of ether oxygens (including phenoxy) is 4. The Kier molecular flexibility index (Phi) is 12.1. The van der Waals surface area contributed by atoms with Crippen molar-refractivity contribution in [2.45, 2.75) is 57.2 Å². The summed E-state index contributed by atoms with van der Waals surface area (Å²) in [5.74, 6) is -0.488. The molecule has 5 N–H and O–H groups in total. The fraction of sp³-hybridized carbons (Fsp3) is 0.333. The molecule has 18 nitrogen and oxygen atoms in total. The Hall–Kier alpha value is -6.96. The van der Waals surface area contributed by atoms with Gasteiger partial charge in [-0.1, -0.05) is 12.1 Å². The number of hydrogen-bond donors (Lipinski definition) is 4. The SMILES string of the molecule is COc1cc2c(cc1OCCCC(=O)Nc1cc(C(=O)Nc3ccc4sc(C(=O)N(C)C)cc4c3)cn1C)N(C(=O)OCc1ccc(NC(=O)C(C)N)cc1)C1O[C@]13CCCN3C2=O. The summed E-state index contributed by atoms with van der Waals surface area (Å²) in [6, 6.07) is 18.0. The molecule has 19 heteroatoms. The second-order valence-corrected chi connectivity index (χ2v) is 17.1. The Morgan fingerprint density at radius 1 is 0.984 bits per heavy atom. The van der Waals surface area contributed by atoms with Crippen LogP contribution in [0.2, 0.25) is 0 Å². The van der Waals surface area contributed by atoms with Gasteiger partial charge in [-0.25, -0.2) is 9.69 Å². The zero-order valence-electron chi connectivity index (χ0n) is 35.9. The predicted molar refractivity (Wildman–Crippen MR) is 239 cm³/mol. The molecule has 3 aliphatic heterocycles. The minimum absolute atomic E-state index is 0.0722. The molecular weight excluding hydrogens is 845 g/mol. The van der Waals surface area contributed by atoms with Crippen LogP contribution in [0.5, 0.6) is 11.5 Å². The molecule has 0 radical (unpaired) electrons. The first kappa shape index (κ1) is 43.7. The van der Waals surface area contributed by atoms with Crippen molar-refractivity contribution in [2.24, 2.45) is 12.8 Å². The largest absolute Gasteiger partial charge is 0.493 e. The smallest absolute Gasteiger partial charge is 0.416 e. The third-order valence-electron chi connectivity index (χ3n) is 11.2. The van der Waals surface area contributed by atoms with Gasteiger partial charge in [-0.3, -0.25) is 24.0 Å². The van der Waals surface area contributed by atoms with Gasteiger partial charge in [-0.15, -0.1) is 11.3 Å². The number of nitrogens with two attached hydrogens (primary N) is 1. The van der Waals surface area contributed by atoms with Crippen molar-refractivity contribution in [1.82, 2.24) is 14.4 Å². The van der Waals surface area contributed by atoms with Crippen molar-refractivity contribution >= 4 is 79.9 Å². The van der Waals surface area contributed by atoms with E-state index in [2.05, 4.69) is 16.0 Å². The fourth-order valence-corrected chi connectivity index (χ4v) is 8.84. The number of aromatic nitrogens is 1. The number of hydrogen-bond acceptors (Lipinski definition) is 12. The Bertz CT molecular complexity index is 2680. The average molecular weight is 893 g/mol. The average Bonchev–Trinajstić information content (AvgIpc) is 3.52. The van der Waals surface area contributed by atoms with Crippen LogP contribution in [0.4, 0.5) is 27.7 Å². The maximum atomic E-state index is 14.0. The minimum Gasteiger partial charge on any atom is -0.493 e. The number of fused-ring (bicyclic) bond motifs is 2. The molecule has 2 fully saturated rings. The van der Waals surface area contributed by atoms with Crippen LogP contribution < -0.4 is 36.1 Å². The van der Waals surface area contributed by atoms with Gasteiger partial charge in [0.05, 0.1) is 41.4 Å². The first-order valence-corrected chi connectivity index (χ1v) is 21.5. The van der Waals surface area contributed by atoms with E-state index >= 15 is 0 Å². The van der Waals surface area contributed by atoms with E-state index in [1.165, 1.54) is 28.2 Å². The summed E-state index contributed by atoms with van der Waals surface area (Å²) in [5.41, 5.74) is 7.23. The standard InChI is InChI=1S/C45H48N8O10S/c1-25(46)39(55)47-29-11-9-26(10-12-29)24-62-44(59)53-32-22-34(33(60-5)21-31(32)41(57)52-16-7-15-45(52)43(53)63-45)61-17-6-8-38(54)49-37-20-28(23-51(37)4)40(56)48-30-13-14-35-27(18-30)19-36(64-35)42(58)50(2)3/h9-14,18-23,25,43H,6-8,15-17,24,46H2,1-5H3,(H,47,55)(H,48,56)(H,49,54)/t25?,43?,45-/m1/s1. The number of nitrogens with zero attached hydrogens (tertiary/aromatic N) is 4. The van der Waals surface area contributed by atoms with E-state index in [0.717, 1.165) is 10.1 Å². The van der Waals surface area contributed by atoms with Gasteiger partial charge in [0.25, 0.3) is 17.7 Å². The van der Waals surface area contributed by atoms with Crippen molar-refractivity contribution in [2.75, 3.05) is 55.2 Å². The van der Waals surface area contributed by atoms with Gasteiger partial charge in [0.15, 0.2) is 23.5 Å². The number of carbonyl (C=O) groups excluding carboxylic acids is 6. The van der Waals surface area contributed by atoms with Crippen molar-refractivity contribution in [3.63, 3.8) is 0 Å². The number of carbonyl (C=O) groups is 6. The van der Waals surface area contributed by atoms with Crippen LogP contribution in [0, 0.1) is 0 Å².